The first-order valence-electron chi connectivity index (χ1n) is 7.44. The molecule has 7 nitrogen and oxygen atoms in total. The van der Waals surface area contributed by atoms with Crippen LogP contribution in [0, 0.1) is 0 Å². The highest BCUT2D eigenvalue weighted by Crippen LogP contribution is 2.36. The third kappa shape index (κ3) is 4.21. The van der Waals surface area contributed by atoms with Gasteiger partial charge in [-0.1, -0.05) is 0 Å². The number of nitrogen functional groups attached to an aromatic ring is 1. The second-order valence-electron chi connectivity index (χ2n) is 4.80. The number of anilines is 1. The Hall–Kier alpha value is -2.74. The lowest BCUT2D eigenvalue weighted by atomic mass is 10.1. The van der Waals surface area contributed by atoms with E-state index < -0.39 is 5.97 Å². The summed E-state index contributed by atoms with van der Waals surface area (Å²) in [6, 6.07) is 3.40. The molecule has 25 heavy (non-hydrogen) atoms. The molecule has 8 heteroatoms. The maximum atomic E-state index is 12.4. The fourth-order valence-electron chi connectivity index (χ4n) is 2.18. The summed E-state index contributed by atoms with van der Waals surface area (Å²) >= 11 is 1.24. The number of aromatic nitrogens is 1. The Balaban J connectivity index is 2.60. The van der Waals surface area contributed by atoms with Crippen molar-refractivity contribution in [2.75, 3.05) is 33.7 Å². The molecule has 0 aliphatic rings. The van der Waals surface area contributed by atoms with E-state index in [4.69, 9.17) is 24.7 Å². The minimum atomic E-state index is -0.496. The summed E-state index contributed by atoms with van der Waals surface area (Å²) in [5.41, 5.74) is 7.03. The molecule has 1 heterocycles. The zero-order chi connectivity index (χ0) is 18.4. The first kappa shape index (κ1) is 18.6. The molecule has 0 atom stereocenters. The van der Waals surface area contributed by atoms with Crippen LogP contribution in [0.1, 0.15) is 18.2 Å². The van der Waals surface area contributed by atoms with E-state index in [9.17, 15) is 4.79 Å². The molecule has 0 saturated carbocycles. The number of nitrogens with zero attached hydrogens (tertiary/aromatic N) is 1. The molecule has 0 bridgehead atoms. The second-order valence-corrected chi connectivity index (χ2v) is 5.69. The predicted octanol–water partition coefficient (Wildman–Crippen LogP) is 2.85. The molecule has 0 fully saturated rings. The summed E-state index contributed by atoms with van der Waals surface area (Å²) in [7, 11) is 4.60. The Morgan fingerprint density at radius 2 is 1.80 bits per heavy atom. The van der Waals surface area contributed by atoms with Crippen molar-refractivity contribution in [3.63, 3.8) is 0 Å². The highest BCUT2D eigenvalue weighted by Gasteiger charge is 2.19. The van der Waals surface area contributed by atoms with Gasteiger partial charge in [0.1, 0.15) is 5.75 Å². The van der Waals surface area contributed by atoms with Crippen molar-refractivity contribution in [2.45, 2.75) is 6.92 Å². The molecule has 1 aromatic heterocycles. The van der Waals surface area contributed by atoms with Gasteiger partial charge in [-0.15, -0.1) is 11.3 Å². The Morgan fingerprint density at radius 3 is 2.32 bits per heavy atom. The van der Waals surface area contributed by atoms with Gasteiger partial charge < -0.3 is 24.7 Å². The van der Waals surface area contributed by atoms with Crippen LogP contribution in [-0.2, 0) is 9.53 Å². The van der Waals surface area contributed by atoms with Crippen LogP contribution in [0.25, 0.3) is 11.6 Å². The lowest BCUT2D eigenvalue weighted by Crippen LogP contribution is -2.07. The number of carbonyl (C=O) groups is 1. The van der Waals surface area contributed by atoms with Crippen LogP contribution in [0.5, 0.6) is 17.2 Å². The molecule has 2 rings (SSSR count). The molecule has 134 valence electrons. The number of nitrogens with two attached hydrogens (primary N) is 1. The quantitative estimate of drug-likeness (QED) is 0.596. The molecule has 2 N–H and O–H groups in total. The number of ether oxygens (including phenoxy) is 4. The molecule has 0 amide bonds. The van der Waals surface area contributed by atoms with Crippen molar-refractivity contribution in [2.24, 2.45) is 0 Å². The van der Waals surface area contributed by atoms with Crippen LogP contribution in [0.15, 0.2) is 17.5 Å². The highest BCUT2D eigenvalue weighted by atomic mass is 32.1. The molecule has 2 aromatic rings. The number of rotatable bonds is 7. The molecule has 0 saturated heterocycles. The van der Waals surface area contributed by atoms with Gasteiger partial charge in [0.25, 0.3) is 0 Å². The minimum Gasteiger partial charge on any atom is -0.496 e. The lowest BCUT2D eigenvalue weighted by Gasteiger charge is -2.13. The van der Waals surface area contributed by atoms with Crippen molar-refractivity contribution < 1.29 is 23.7 Å². The van der Waals surface area contributed by atoms with E-state index in [-0.39, 0.29) is 12.2 Å². The van der Waals surface area contributed by atoms with Gasteiger partial charge in [-0.05, 0) is 19.1 Å². The number of hydrogen-bond acceptors (Lipinski definition) is 8. The minimum absolute atomic E-state index is 0.249. The van der Waals surface area contributed by atoms with Crippen molar-refractivity contribution >= 4 is 34.1 Å². The monoisotopic (exact) mass is 364 g/mol. The van der Waals surface area contributed by atoms with Crippen LogP contribution in [0.4, 0.5) is 5.13 Å². The first-order valence-corrected chi connectivity index (χ1v) is 8.32. The molecule has 0 unspecified atom stereocenters. The van der Waals surface area contributed by atoms with E-state index in [1.807, 2.05) is 0 Å². The van der Waals surface area contributed by atoms with Crippen molar-refractivity contribution in [3.8, 4) is 17.2 Å². The first-order chi connectivity index (χ1) is 12.0. The largest absolute Gasteiger partial charge is 0.496 e. The standard InChI is InChI=1S/C17H20N2O5S/c1-5-24-16(20)11(12-9-25-17(18)19-12)6-10-7-14(22-3)15(23-4)8-13(10)21-2/h6-9H,5H2,1-4H3,(H2,18,19). The van der Waals surface area contributed by atoms with Gasteiger partial charge in [0.2, 0.25) is 0 Å². The molecule has 0 aliphatic heterocycles. The Kier molecular flexibility index (Phi) is 6.24. The summed E-state index contributed by atoms with van der Waals surface area (Å²) in [6.45, 7) is 1.99. The fourth-order valence-corrected chi connectivity index (χ4v) is 2.74. The maximum Gasteiger partial charge on any atom is 0.340 e. The normalized spacial score (nSPS) is 11.1. The molecule has 0 radical (unpaired) electrons. The average Bonchev–Trinajstić information content (AvgIpc) is 3.04. The van der Waals surface area contributed by atoms with E-state index in [0.717, 1.165) is 0 Å². The Labute approximate surface area is 150 Å². The zero-order valence-electron chi connectivity index (χ0n) is 14.5. The highest BCUT2D eigenvalue weighted by molar-refractivity contribution is 7.13. The lowest BCUT2D eigenvalue weighted by molar-refractivity contribution is -0.136. The van der Waals surface area contributed by atoms with Crippen LogP contribution in [-0.4, -0.2) is 38.9 Å². The van der Waals surface area contributed by atoms with Gasteiger partial charge >= 0.3 is 5.97 Å². The molecular weight excluding hydrogens is 344 g/mol. The zero-order valence-corrected chi connectivity index (χ0v) is 15.3. The fraction of sp³-hybridized carbons (Fsp3) is 0.294. The van der Waals surface area contributed by atoms with E-state index >= 15 is 0 Å². The van der Waals surface area contributed by atoms with E-state index in [1.54, 1.807) is 30.5 Å². The second kappa shape index (κ2) is 8.39. The number of carbonyl (C=O) groups excluding carboxylic acids is 1. The van der Waals surface area contributed by atoms with E-state index in [2.05, 4.69) is 4.98 Å². The Morgan fingerprint density at radius 1 is 1.16 bits per heavy atom. The molecule has 1 aromatic carbocycles. The van der Waals surface area contributed by atoms with Crippen LogP contribution in [0.2, 0.25) is 0 Å². The topological polar surface area (TPSA) is 92.9 Å². The summed E-state index contributed by atoms with van der Waals surface area (Å²) in [5.74, 6) is 1.05. The number of benzene rings is 1. The molecule has 0 spiro atoms. The van der Waals surface area contributed by atoms with Gasteiger partial charge in [0.15, 0.2) is 16.6 Å². The average molecular weight is 364 g/mol. The van der Waals surface area contributed by atoms with Crippen molar-refractivity contribution in [1.29, 1.82) is 0 Å². The van der Waals surface area contributed by atoms with Gasteiger partial charge in [0, 0.05) is 17.0 Å². The number of esters is 1. The van der Waals surface area contributed by atoms with Crippen molar-refractivity contribution in [3.05, 3.63) is 28.8 Å². The van der Waals surface area contributed by atoms with E-state index in [0.29, 0.717) is 33.6 Å². The van der Waals surface area contributed by atoms with Gasteiger partial charge in [-0.3, -0.25) is 0 Å². The SMILES string of the molecule is CCOC(=O)C(=Cc1cc(OC)c(OC)cc1OC)c1csc(N)n1. The van der Waals surface area contributed by atoms with Crippen LogP contribution < -0.4 is 19.9 Å². The third-order valence-electron chi connectivity index (χ3n) is 3.33. The van der Waals surface area contributed by atoms with E-state index in [1.165, 1.54) is 32.7 Å². The molecule has 0 aliphatic carbocycles. The summed E-state index contributed by atoms with van der Waals surface area (Å²) in [4.78, 5) is 16.5. The van der Waals surface area contributed by atoms with Crippen molar-refractivity contribution in [1.82, 2.24) is 4.98 Å². The van der Waals surface area contributed by atoms with Gasteiger partial charge in [-0.25, -0.2) is 9.78 Å². The third-order valence-corrected chi connectivity index (χ3v) is 4.00. The summed E-state index contributed by atoms with van der Waals surface area (Å²) in [5, 5.41) is 2.06. The predicted molar refractivity (Wildman–Crippen MR) is 97.1 cm³/mol. The summed E-state index contributed by atoms with van der Waals surface area (Å²) in [6.07, 6.45) is 1.63. The van der Waals surface area contributed by atoms with Gasteiger partial charge in [-0.2, -0.15) is 0 Å². The molecular formula is C17H20N2O5S. The maximum absolute atomic E-state index is 12.4. The summed E-state index contributed by atoms with van der Waals surface area (Å²) < 4.78 is 21.1. The Bertz CT molecular complexity index is 785. The van der Waals surface area contributed by atoms with Gasteiger partial charge in [0.05, 0.1) is 39.2 Å². The number of hydrogen-bond donors (Lipinski definition) is 1. The number of methoxy groups -OCH3 is 3. The van der Waals surface area contributed by atoms with Crippen LogP contribution in [0.3, 0.4) is 0 Å². The smallest absolute Gasteiger partial charge is 0.340 e. The number of thiazole rings is 1. The van der Waals surface area contributed by atoms with Crippen LogP contribution >= 0.6 is 11.3 Å².